The van der Waals surface area contributed by atoms with Crippen LogP contribution in [0, 0.1) is 0 Å². The zero-order chi connectivity index (χ0) is 24.0. The van der Waals surface area contributed by atoms with Gasteiger partial charge in [0, 0.05) is 19.2 Å². The average Bonchev–Trinajstić information content (AvgIpc) is 3.42. The van der Waals surface area contributed by atoms with Gasteiger partial charge in [-0.05, 0) is 66.4 Å². The molecule has 4 aromatic rings. The van der Waals surface area contributed by atoms with E-state index in [-0.39, 0.29) is 17.2 Å². The molecule has 1 aliphatic heterocycles. The smallest absolute Gasteiger partial charge is 0.272 e. The van der Waals surface area contributed by atoms with Gasteiger partial charge in [0.05, 0.1) is 5.69 Å². The molecule has 6 heteroatoms. The molecule has 1 aromatic heterocycles. The number of aromatic nitrogens is 2. The van der Waals surface area contributed by atoms with Gasteiger partial charge in [0.1, 0.15) is 5.69 Å². The summed E-state index contributed by atoms with van der Waals surface area (Å²) in [6, 6.07) is 28.7. The second kappa shape index (κ2) is 10.5. The van der Waals surface area contributed by atoms with Gasteiger partial charge in [-0.1, -0.05) is 66.7 Å². The molecule has 176 valence electrons. The van der Waals surface area contributed by atoms with E-state index in [1.54, 1.807) is 12.1 Å². The van der Waals surface area contributed by atoms with Gasteiger partial charge in [-0.2, -0.15) is 9.78 Å². The molecule has 3 aromatic carbocycles. The third kappa shape index (κ3) is 5.39. The van der Waals surface area contributed by atoms with Crippen LogP contribution in [0.4, 0.5) is 0 Å². The van der Waals surface area contributed by atoms with E-state index in [2.05, 4.69) is 45.6 Å². The van der Waals surface area contributed by atoms with Gasteiger partial charge in [0.2, 0.25) is 0 Å². The summed E-state index contributed by atoms with van der Waals surface area (Å²) in [5.74, 6) is -0.328. The molecule has 2 heterocycles. The summed E-state index contributed by atoms with van der Waals surface area (Å²) < 4.78 is 1.24. The van der Waals surface area contributed by atoms with E-state index in [4.69, 9.17) is 0 Å². The predicted octanol–water partition coefficient (Wildman–Crippen LogP) is 4.43. The number of para-hydroxylation sites is 1. The minimum absolute atomic E-state index is 0.192. The molecule has 0 spiro atoms. The molecule has 0 atom stereocenters. The summed E-state index contributed by atoms with van der Waals surface area (Å²) in [5.41, 5.74) is 5.07. The number of hydrogen-bond donors (Lipinski definition) is 1. The van der Waals surface area contributed by atoms with Crippen LogP contribution in [0.25, 0.3) is 16.8 Å². The van der Waals surface area contributed by atoms with Crippen molar-refractivity contribution in [3.05, 3.63) is 118 Å². The fourth-order valence-electron chi connectivity index (χ4n) is 4.50. The maximum Gasteiger partial charge on any atom is 0.272 e. The fraction of sp³-hybridized carbons (Fsp3) is 0.207. The largest absolute Gasteiger partial charge is 0.347 e. The molecule has 6 nitrogen and oxygen atoms in total. The Morgan fingerprint density at radius 3 is 2.31 bits per heavy atom. The number of nitrogens with one attached hydrogen (secondary N) is 1. The topological polar surface area (TPSA) is 67.2 Å². The monoisotopic (exact) mass is 464 g/mol. The molecule has 0 saturated carbocycles. The molecule has 0 radical (unpaired) electrons. The van der Waals surface area contributed by atoms with E-state index in [0.29, 0.717) is 12.2 Å². The van der Waals surface area contributed by atoms with Gasteiger partial charge < -0.3 is 5.32 Å². The summed E-state index contributed by atoms with van der Waals surface area (Å²) in [6.45, 7) is 3.72. The molecule has 0 unspecified atom stereocenters. The summed E-state index contributed by atoms with van der Waals surface area (Å²) in [5, 5.41) is 7.23. The van der Waals surface area contributed by atoms with Crippen molar-refractivity contribution in [2.75, 3.05) is 13.1 Å². The van der Waals surface area contributed by atoms with Crippen LogP contribution in [0.5, 0.6) is 0 Å². The number of likely N-dealkylation sites (tertiary alicyclic amines) is 1. The summed E-state index contributed by atoms with van der Waals surface area (Å²) >= 11 is 0. The highest BCUT2D eigenvalue weighted by molar-refractivity contribution is 5.92. The lowest BCUT2D eigenvalue weighted by atomic mass is 9.98. The van der Waals surface area contributed by atoms with Crippen molar-refractivity contribution in [1.82, 2.24) is 20.0 Å². The van der Waals surface area contributed by atoms with Crippen LogP contribution in [-0.2, 0) is 13.1 Å². The number of rotatable bonds is 7. The number of amides is 1. The van der Waals surface area contributed by atoms with Gasteiger partial charge in [0.25, 0.3) is 11.5 Å². The number of hydrogen-bond acceptors (Lipinski definition) is 4. The summed E-state index contributed by atoms with van der Waals surface area (Å²) in [4.78, 5) is 27.6. The molecule has 0 bridgehead atoms. The maximum absolute atomic E-state index is 12.9. The van der Waals surface area contributed by atoms with Crippen LogP contribution >= 0.6 is 0 Å². The van der Waals surface area contributed by atoms with Crippen LogP contribution in [0.15, 0.2) is 95.8 Å². The molecule has 1 aliphatic rings. The maximum atomic E-state index is 12.9. The third-order valence-electron chi connectivity index (χ3n) is 6.36. The third-order valence-corrected chi connectivity index (χ3v) is 6.36. The number of benzene rings is 3. The Balaban J connectivity index is 1.30. The Bertz CT molecular complexity index is 1360. The minimum Gasteiger partial charge on any atom is -0.347 e. The number of nitrogens with zero attached hydrogens (tertiary/aromatic N) is 3. The van der Waals surface area contributed by atoms with Crippen LogP contribution in [0.2, 0.25) is 0 Å². The highest BCUT2D eigenvalue weighted by Gasteiger charge is 2.14. The molecule has 1 N–H and O–H groups in total. The first-order valence-corrected chi connectivity index (χ1v) is 12.0. The van der Waals surface area contributed by atoms with Gasteiger partial charge in [-0.15, -0.1) is 0 Å². The normalized spacial score (nSPS) is 13.6. The molecule has 1 amide bonds. The molecule has 1 fully saturated rings. The Labute approximate surface area is 204 Å². The molecule has 0 aliphatic carbocycles. The first-order valence-electron chi connectivity index (χ1n) is 12.0. The van der Waals surface area contributed by atoms with Gasteiger partial charge >= 0.3 is 0 Å². The van der Waals surface area contributed by atoms with Crippen LogP contribution in [0.1, 0.15) is 34.5 Å². The molecular weight excluding hydrogens is 436 g/mol. The van der Waals surface area contributed by atoms with Crippen molar-refractivity contribution >= 4 is 5.91 Å². The van der Waals surface area contributed by atoms with E-state index in [9.17, 15) is 9.59 Å². The van der Waals surface area contributed by atoms with Crippen molar-refractivity contribution in [3.63, 3.8) is 0 Å². The first kappa shape index (κ1) is 22.7. The zero-order valence-corrected chi connectivity index (χ0v) is 19.6. The molecule has 35 heavy (non-hydrogen) atoms. The second-order valence-corrected chi connectivity index (χ2v) is 8.82. The standard InChI is InChI=1S/C29H28N4O2/c34-28-17-16-27(31-33(28)25-9-2-1-3-10-25)29(35)30-20-24-8-4-5-11-26(24)23-14-12-22(13-15-23)21-32-18-6-7-19-32/h1-5,8-17H,6-7,18-21H2,(H,30,35). The van der Waals surface area contributed by atoms with E-state index >= 15 is 0 Å². The van der Waals surface area contributed by atoms with Crippen molar-refractivity contribution in [2.45, 2.75) is 25.9 Å². The zero-order valence-electron chi connectivity index (χ0n) is 19.6. The highest BCUT2D eigenvalue weighted by atomic mass is 16.2. The van der Waals surface area contributed by atoms with Crippen LogP contribution < -0.4 is 10.9 Å². The van der Waals surface area contributed by atoms with Crippen molar-refractivity contribution in [3.8, 4) is 16.8 Å². The van der Waals surface area contributed by atoms with E-state index in [1.807, 2.05) is 36.4 Å². The van der Waals surface area contributed by atoms with Crippen LogP contribution in [0.3, 0.4) is 0 Å². The second-order valence-electron chi connectivity index (χ2n) is 8.82. The van der Waals surface area contributed by atoms with Gasteiger partial charge in [-0.3, -0.25) is 14.5 Å². The summed E-state index contributed by atoms with van der Waals surface area (Å²) in [6.07, 6.45) is 2.58. The average molecular weight is 465 g/mol. The van der Waals surface area contributed by atoms with E-state index in [0.717, 1.165) is 23.2 Å². The quantitative estimate of drug-likeness (QED) is 0.440. The van der Waals surface area contributed by atoms with Gasteiger partial charge in [0.15, 0.2) is 0 Å². The number of carbonyl (C=O) groups is 1. The SMILES string of the molecule is O=C(NCc1ccccc1-c1ccc(CN2CCCC2)cc1)c1ccc(=O)n(-c2ccccc2)n1. The predicted molar refractivity (Wildman–Crippen MR) is 137 cm³/mol. The lowest BCUT2D eigenvalue weighted by Crippen LogP contribution is -2.28. The first-order chi connectivity index (χ1) is 17.2. The highest BCUT2D eigenvalue weighted by Crippen LogP contribution is 2.25. The number of carbonyl (C=O) groups excluding carboxylic acids is 1. The molecular formula is C29H28N4O2. The lowest BCUT2D eigenvalue weighted by Gasteiger charge is -2.15. The minimum atomic E-state index is -0.328. The molecule has 1 saturated heterocycles. The van der Waals surface area contributed by atoms with E-state index < -0.39 is 0 Å². The Morgan fingerprint density at radius 2 is 1.54 bits per heavy atom. The fourth-order valence-corrected chi connectivity index (χ4v) is 4.50. The van der Waals surface area contributed by atoms with Gasteiger partial charge in [-0.25, -0.2) is 0 Å². The van der Waals surface area contributed by atoms with E-state index in [1.165, 1.54) is 48.3 Å². The molecule has 5 rings (SSSR count). The van der Waals surface area contributed by atoms with Crippen LogP contribution in [-0.4, -0.2) is 33.7 Å². The van der Waals surface area contributed by atoms with Crippen molar-refractivity contribution in [2.24, 2.45) is 0 Å². The summed E-state index contributed by atoms with van der Waals surface area (Å²) in [7, 11) is 0. The lowest BCUT2D eigenvalue weighted by molar-refractivity contribution is 0.0944. The Hall–Kier alpha value is -4.03. The van der Waals surface area contributed by atoms with Crippen molar-refractivity contribution < 1.29 is 4.79 Å². The Kier molecular flexibility index (Phi) is 6.82. The van der Waals surface area contributed by atoms with Crippen molar-refractivity contribution in [1.29, 1.82) is 0 Å². The Morgan fingerprint density at radius 1 is 0.829 bits per heavy atom.